The van der Waals surface area contributed by atoms with Crippen LogP contribution in [0, 0.1) is 5.92 Å². The zero-order valence-electron chi connectivity index (χ0n) is 19.3. The van der Waals surface area contributed by atoms with E-state index in [4.69, 9.17) is 9.16 Å². The van der Waals surface area contributed by atoms with Gasteiger partial charge in [-0.25, -0.2) is 0 Å². The van der Waals surface area contributed by atoms with Crippen molar-refractivity contribution in [3.05, 3.63) is 82.4 Å². The maximum Gasteiger partial charge on any atom is 0.192 e. The van der Waals surface area contributed by atoms with E-state index in [1.54, 1.807) is 12.1 Å². The minimum Gasteiger partial charge on any atom is -0.409 e. The van der Waals surface area contributed by atoms with Crippen LogP contribution in [0.5, 0.6) is 0 Å². The predicted octanol–water partition coefficient (Wildman–Crippen LogP) is 5.91. The number of fused-ring (bicyclic) bond motifs is 2. The van der Waals surface area contributed by atoms with Gasteiger partial charge in [0, 0.05) is 34.6 Å². The predicted molar refractivity (Wildman–Crippen MR) is 126 cm³/mol. The Hall–Kier alpha value is -2.34. The first-order valence-electron chi connectivity index (χ1n) is 11.4. The number of benzene rings is 2. The Labute approximate surface area is 190 Å². The number of Topliss-reactive ketones (excluding diaryl/α,β-unsaturated/α-hetero) is 2. The van der Waals surface area contributed by atoms with E-state index >= 15 is 0 Å². The normalized spacial score (nSPS) is 25.7. The molecule has 4 nitrogen and oxygen atoms in total. The van der Waals surface area contributed by atoms with Crippen molar-refractivity contribution < 1.29 is 18.8 Å². The number of carbonyl (C=O) groups excluding carboxylic acids is 2. The van der Waals surface area contributed by atoms with Gasteiger partial charge in [0.1, 0.15) is 0 Å². The molecule has 0 aromatic heterocycles. The van der Waals surface area contributed by atoms with Gasteiger partial charge < -0.3 is 9.16 Å². The third-order valence-corrected chi connectivity index (χ3v) is 12.1. The molecule has 1 heterocycles. The molecule has 0 amide bonds. The Kier molecular flexibility index (Phi) is 4.93. The zero-order valence-corrected chi connectivity index (χ0v) is 20.3. The van der Waals surface area contributed by atoms with E-state index < -0.39 is 8.32 Å². The van der Waals surface area contributed by atoms with Crippen molar-refractivity contribution in [1.82, 2.24) is 0 Å². The van der Waals surface area contributed by atoms with Crippen LogP contribution < -0.4 is 0 Å². The van der Waals surface area contributed by atoms with Crippen LogP contribution in [0.4, 0.5) is 0 Å². The van der Waals surface area contributed by atoms with Crippen molar-refractivity contribution >= 4 is 19.9 Å². The van der Waals surface area contributed by atoms with Crippen molar-refractivity contribution in [2.45, 2.75) is 63.6 Å². The maximum absolute atomic E-state index is 13.8. The molecule has 0 N–H and O–H groups in total. The van der Waals surface area contributed by atoms with Crippen LogP contribution in [0.3, 0.4) is 0 Å². The summed E-state index contributed by atoms with van der Waals surface area (Å²) < 4.78 is 13.1. The molecule has 0 radical (unpaired) electrons. The van der Waals surface area contributed by atoms with E-state index in [0.29, 0.717) is 28.7 Å². The summed E-state index contributed by atoms with van der Waals surface area (Å²) in [7, 11) is -2.19. The Bertz CT molecular complexity index is 1130. The number of carbonyl (C=O) groups is 2. The Morgan fingerprint density at radius 3 is 2.16 bits per heavy atom. The third kappa shape index (κ3) is 3.34. The second-order valence-electron chi connectivity index (χ2n) is 10.7. The van der Waals surface area contributed by atoms with Crippen LogP contribution >= 0.6 is 0 Å². The average Bonchev–Trinajstić information content (AvgIpc) is 3.54. The lowest BCUT2D eigenvalue weighted by Gasteiger charge is -2.43. The fourth-order valence-electron chi connectivity index (χ4n) is 4.81. The highest BCUT2D eigenvalue weighted by Gasteiger charge is 2.58. The maximum atomic E-state index is 13.8. The van der Waals surface area contributed by atoms with Crippen LogP contribution in [0.1, 0.15) is 59.6 Å². The molecule has 3 aliphatic rings. The molecule has 1 fully saturated rings. The van der Waals surface area contributed by atoms with Crippen molar-refractivity contribution in [1.29, 1.82) is 0 Å². The second-order valence-corrected chi connectivity index (χ2v) is 15.4. The van der Waals surface area contributed by atoms with Gasteiger partial charge in [-0.15, -0.1) is 0 Å². The first-order chi connectivity index (χ1) is 15.1. The molecule has 2 aromatic carbocycles. The fraction of sp³-hybridized carbons (Fsp3) is 0.407. The topological polar surface area (TPSA) is 55.9 Å². The van der Waals surface area contributed by atoms with E-state index in [1.165, 1.54) is 0 Å². The van der Waals surface area contributed by atoms with Crippen LogP contribution in [0.15, 0.2) is 65.7 Å². The fourth-order valence-corrected chi connectivity index (χ4v) is 6.08. The monoisotopic (exact) mass is 446 g/mol. The minimum absolute atomic E-state index is 0.00864. The molecular formula is C27H30O4Si. The number of hydrogen-bond donors (Lipinski definition) is 0. The van der Waals surface area contributed by atoms with Gasteiger partial charge in [-0.3, -0.25) is 9.59 Å². The summed E-state index contributed by atoms with van der Waals surface area (Å²) in [5.74, 6) is -0.368. The van der Waals surface area contributed by atoms with Crippen molar-refractivity contribution in [2.24, 2.45) is 5.92 Å². The van der Waals surface area contributed by atoms with Gasteiger partial charge in [-0.2, -0.15) is 0 Å². The van der Waals surface area contributed by atoms with E-state index in [2.05, 4.69) is 46.0 Å². The molecule has 4 atom stereocenters. The lowest BCUT2D eigenvalue weighted by atomic mass is 9.70. The summed E-state index contributed by atoms with van der Waals surface area (Å²) in [6, 6.07) is 17.3. The van der Waals surface area contributed by atoms with E-state index in [0.717, 1.165) is 5.56 Å². The van der Waals surface area contributed by atoms with Crippen LogP contribution in [-0.2, 0) is 9.16 Å². The lowest BCUT2D eigenvalue weighted by molar-refractivity contribution is 0.0874. The van der Waals surface area contributed by atoms with E-state index in [9.17, 15) is 9.59 Å². The Balaban J connectivity index is 1.65. The minimum atomic E-state index is -2.19. The molecule has 0 spiro atoms. The standard InChI is InChI=1S/C27H30O4Si/c1-27(2,3)32(4,5)31-25(16-11-7-6-8-12-16)22-21-19(15-20-26(22)30-20)23(28)17-13-9-10-14-18(17)24(21)29/h6-14,20,22,25-26H,15H2,1-5H3/t20-,22-,25+,26-/m0/s1. The molecule has 32 heavy (non-hydrogen) atoms. The van der Waals surface area contributed by atoms with Gasteiger partial charge >= 0.3 is 0 Å². The summed E-state index contributed by atoms with van der Waals surface area (Å²) >= 11 is 0. The van der Waals surface area contributed by atoms with Crippen LogP contribution in [-0.4, -0.2) is 32.1 Å². The molecule has 5 rings (SSSR count). The molecular weight excluding hydrogens is 416 g/mol. The first kappa shape index (κ1) is 21.5. The first-order valence-corrected chi connectivity index (χ1v) is 14.3. The summed E-state index contributed by atoms with van der Waals surface area (Å²) in [6.07, 6.45) is 0.0666. The summed E-state index contributed by atoms with van der Waals surface area (Å²) in [6.45, 7) is 11.1. The largest absolute Gasteiger partial charge is 0.409 e. The van der Waals surface area contributed by atoms with Gasteiger partial charge in [0.05, 0.1) is 18.3 Å². The average molecular weight is 447 g/mol. The number of ether oxygens (including phenoxy) is 1. The highest BCUT2D eigenvalue weighted by Crippen LogP contribution is 2.54. The van der Waals surface area contributed by atoms with Crippen molar-refractivity contribution in [3.8, 4) is 0 Å². The summed E-state index contributed by atoms with van der Waals surface area (Å²) in [4.78, 5) is 27.2. The number of ketones is 2. The highest BCUT2D eigenvalue weighted by atomic mass is 28.4. The van der Waals surface area contributed by atoms with Gasteiger partial charge in [0.25, 0.3) is 0 Å². The van der Waals surface area contributed by atoms with E-state index in [-0.39, 0.29) is 40.8 Å². The van der Waals surface area contributed by atoms with Crippen LogP contribution in [0.25, 0.3) is 0 Å². The molecule has 0 bridgehead atoms. The zero-order chi connectivity index (χ0) is 22.8. The molecule has 1 saturated heterocycles. The van der Waals surface area contributed by atoms with Gasteiger partial charge in [-0.05, 0) is 23.7 Å². The lowest BCUT2D eigenvalue weighted by Crippen LogP contribution is -2.45. The molecule has 166 valence electrons. The van der Waals surface area contributed by atoms with Crippen molar-refractivity contribution in [2.75, 3.05) is 0 Å². The molecule has 0 saturated carbocycles. The molecule has 5 heteroatoms. The molecule has 0 unspecified atom stereocenters. The Morgan fingerprint density at radius 2 is 1.53 bits per heavy atom. The second kappa shape index (κ2) is 7.34. The quantitative estimate of drug-likeness (QED) is 0.433. The molecule has 2 aliphatic carbocycles. The van der Waals surface area contributed by atoms with E-state index in [1.807, 2.05) is 30.3 Å². The van der Waals surface area contributed by atoms with Gasteiger partial charge in [-0.1, -0.05) is 75.4 Å². The molecule has 1 aliphatic heterocycles. The van der Waals surface area contributed by atoms with Crippen molar-refractivity contribution in [3.63, 3.8) is 0 Å². The number of hydrogen-bond acceptors (Lipinski definition) is 4. The smallest absolute Gasteiger partial charge is 0.192 e. The SMILES string of the molecule is CC(C)(C)[Si](C)(C)O[C@H](c1ccccc1)[C@@H]1C2=C(C[C@@H]3O[C@H]13)C(=O)c1ccccc1C2=O. The number of rotatable bonds is 4. The molecule has 2 aromatic rings. The summed E-state index contributed by atoms with van der Waals surface area (Å²) in [5.41, 5.74) is 3.27. The summed E-state index contributed by atoms with van der Waals surface area (Å²) in [5, 5.41) is 0.00864. The number of epoxide rings is 1. The third-order valence-electron chi connectivity index (χ3n) is 7.66. The van der Waals surface area contributed by atoms with Gasteiger partial charge in [0.2, 0.25) is 0 Å². The highest BCUT2D eigenvalue weighted by molar-refractivity contribution is 6.74. The van der Waals surface area contributed by atoms with Crippen LogP contribution in [0.2, 0.25) is 18.1 Å². The van der Waals surface area contributed by atoms with Gasteiger partial charge in [0.15, 0.2) is 19.9 Å². The Morgan fingerprint density at radius 1 is 0.938 bits per heavy atom.